The third kappa shape index (κ3) is 4.38. The van der Waals surface area contributed by atoms with Crippen LogP contribution in [-0.4, -0.2) is 61.1 Å². The number of benzene rings is 1. The molecule has 30 heavy (non-hydrogen) atoms. The van der Waals surface area contributed by atoms with Crippen molar-refractivity contribution in [1.29, 1.82) is 0 Å². The number of carbonyl (C=O) groups is 3. The van der Waals surface area contributed by atoms with Crippen LogP contribution in [0.3, 0.4) is 0 Å². The van der Waals surface area contributed by atoms with Crippen LogP contribution in [0, 0.1) is 6.92 Å². The first kappa shape index (κ1) is 21.6. The fraction of sp³-hybridized carbons (Fsp3) is 0.409. The van der Waals surface area contributed by atoms with E-state index in [1.54, 1.807) is 36.1 Å². The summed E-state index contributed by atoms with van der Waals surface area (Å²) in [7, 11) is 1.29. The van der Waals surface area contributed by atoms with Crippen LogP contribution in [0.25, 0.3) is 0 Å². The van der Waals surface area contributed by atoms with Gasteiger partial charge in [-0.2, -0.15) is 0 Å². The molecule has 1 aromatic carbocycles. The minimum Gasteiger partial charge on any atom is -0.465 e. The van der Waals surface area contributed by atoms with Crippen molar-refractivity contribution in [3.63, 3.8) is 0 Å². The molecule has 0 bridgehead atoms. The molecule has 160 valence electrons. The largest absolute Gasteiger partial charge is 0.465 e. The number of rotatable bonds is 6. The Balaban J connectivity index is 1.91. The molecule has 8 heteroatoms. The van der Waals surface area contributed by atoms with Crippen LogP contribution in [0.1, 0.15) is 50.7 Å². The van der Waals surface area contributed by atoms with E-state index < -0.39 is 18.0 Å². The molecule has 0 unspecified atom stereocenters. The second-order valence-electron chi connectivity index (χ2n) is 6.96. The summed E-state index contributed by atoms with van der Waals surface area (Å²) in [4.78, 5) is 42.9. The molecule has 3 rings (SSSR count). The number of aromatic amines is 1. The SMILES string of the molecule is CCc1[nH]c(C(=O)O[C@@H](C(=O)N2CCOCC2)c2ccccc2)c(C)c1C(=O)OC. The summed E-state index contributed by atoms with van der Waals surface area (Å²) in [5.41, 5.74) is 2.07. The Labute approximate surface area is 175 Å². The summed E-state index contributed by atoms with van der Waals surface area (Å²) in [5.74, 6) is -1.53. The second kappa shape index (κ2) is 9.58. The van der Waals surface area contributed by atoms with Crippen molar-refractivity contribution in [2.45, 2.75) is 26.4 Å². The molecule has 1 atom stereocenters. The number of morpholine rings is 1. The first-order valence-corrected chi connectivity index (χ1v) is 9.90. The quantitative estimate of drug-likeness (QED) is 0.729. The molecule has 1 aliphatic rings. The van der Waals surface area contributed by atoms with Gasteiger partial charge in [0, 0.05) is 24.3 Å². The zero-order chi connectivity index (χ0) is 21.7. The predicted octanol–water partition coefficient (Wildman–Crippen LogP) is 2.43. The average Bonchev–Trinajstić information content (AvgIpc) is 3.13. The van der Waals surface area contributed by atoms with Gasteiger partial charge in [0.15, 0.2) is 0 Å². The maximum absolute atomic E-state index is 13.1. The molecule has 0 aliphatic carbocycles. The lowest BCUT2D eigenvalue weighted by Gasteiger charge is -2.30. The Kier molecular flexibility index (Phi) is 6.89. The Bertz CT molecular complexity index is 915. The van der Waals surface area contributed by atoms with Crippen molar-refractivity contribution < 1.29 is 28.6 Å². The third-order valence-corrected chi connectivity index (χ3v) is 5.15. The summed E-state index contributed by atoms with van der Waals surface area (Å²) in [6.45, 7) is 5.28. The van der Waals surface area contributed by atoms with Gasteiger partial charge in [-0.1, -0.05) is 37.3 Å². The van der Waals surface area contributed by atoms with Gasteiger partial charge in [-0.3, -0.25) is 4.79 Å². The van der Waals surface area contributed by atoms with Crippen LogP contribution in [-0.2, 0) is 25.4 Å². The van der Waals surface area contributed by atoms with Gasteiger partial charge in [0.25, 0.3) is 5.91 Å². The van der Waals surface area contributed by atoms with Crippen molar-refractivity contribution in [1.82, 2.24) is 9.88 Å². The summed E-state index contributed by atoms with van der Waals surface area (Å²) in [5, 5.41) is 0. The van der Waals surface area contributed by atoms with Crippen molar-refractivity contribution >= 4 is 17.8 Å². The van der Waals surface area contributed by atoms with Gasteiger partial charge in [-0.15, -0.1) is 0 Å². The van der Waals surface area contributed by atoms with Gasteiger partial charge in [0.1, 0.15) is 5.69 Å². The number of ether oxygens (including phenoxy) is 3. The van der Waals surface area contributed by atoms with E-state index in [1.807, 2.05) is 13.0 Å². The van der Waals surface area contributed by atoms with Crippen LogP contribution in [0.2, 0.25) is 0 Å². The molecule has 1 aliphatic heterocycles. The van der Waals surface area contributed by atoms with Crippen molar-refractivity contribution in [3.05, 3.63) is 58.4 Å². The minimum absolute atomic E-state index is 0.142. The van der Waals surface area contributed by atoms with E-state index in [9.17, 15) is 14.4 Å². The highest BCUT2D eigenvalue weighted by molar-refractivity contribution is 5.99. The van der Waals surface area contributed by atoms with Crippen molar-refractivity contribution in [3.8, 4) is 0 Å². The number of nitrogens with zero attached hydrogens (tertiary/aromatic N) is 1. The molecule has 1 amide bonds. The molecule has 0 saturated carbocycles. The van der Waals surface area contributed by atoms with E-state index in [0.29, 0.717) is 55.1 Å². The number of H-pyrrole nitrogens is 1. The number of carbonyl (C=O) groups excluding carboxylic acids is 3. The highest BCUT2D eigenvalue weighted by Crippen LogP contribution is 2.26. The molecular weight excluding hydrogens is 388 g/mol. The second-order valence-corrected chi connectivity index (χ2v) is 6.96. The standard InChI is InChI=1S/C22H26N2O6/c1-4-16-17(21(26)28-3)14(2)18(23-16)22(27)30-19(15-8-6-5-7-9-15)20(25)24-10-12-29-13-11-24/h5-9,19,23H,4,10-13H2,1-3H3/t19-/m1/s1. The summed E-state index contributed by atoms with van der Waals surface area (Å²) >= 11 is 0. The Morgan fingerprint density at radius 3 is 2.40 bits per heavy atom. The molecule has 1 N–H and O–H groups in total. The monoisotopic (exact) mass is 414 g/mol. The number of aryl methyl sites for hydroxylation is 1. The Morgan fingerprint density at radius 2 is 1.80 bits per heavy atom. The van der Waals surface area contributed by atoms with Gasteiger partial charge in [0.05, 0.1) is 25.9 Å². The molecule has 2 aromatic rings. The molecular formula is C22H26N2O6. The molecule has 1 fully saturated rings. The van der Waals surface area contributed by atoms with E-state index in [0.717, 1.165) is 0 Å². The van der Waals surface area contributed by atoms with E-state index in [-0.39, 0.29) is 11.6 Å². The van der Waals surface area contributed by atoms with Gasteiger partial charge in [0.2, 0.25) is 6.10 Å². The fourth-order valence-electron chi connectivity index (χ4n) is 3.51. The number of esters is 2. The smallest absolute Gasteiger partial charge is 0.356 e. The minimum atomic E-state index is -1.09. The zero-order valence-electron chi connectivity index (χ0n) is 17.4. The number of nitrogens with one attached hydrogen (secondary N) is 1. The lowest BCUT2D eigenvalue weighted by atomic mass is 10.1. The van der Waals surface area contributed by atoms with Gasteiger partial charge in [-0.25, -0.2) is 9.59 Å². The summed E-state index contributed by atoms with van der Waals surface area (Å²) < 4.78 is 15.8. The van der Waals surface area contributed by atoms with Crippen LogP contribution in [0.15, 0.2) is 30.3 Å². The molecule has 8 nitrogen and oxygen atoms in total. The molecule has 0 radical (unpaired) electrons. The fourth-order valence-corrected chi connectivity index (χ4v) is 3.51. The number of hydrogen-bond donors (Lipinski definition) is 1. The Hall–Kier alpha value is -3.13. The molecule has 1 aromatic heterocycles. The van der Waals surface area contributed by atoms with E-state index >= 15 is 0 Å². The summed E-state index contributed by atoms with van der Waals surface area (Å²) in [6, 6.07) is 8.89. The number of hydrogen-bond acceptors (Lipinski definition) is 6. The Morgan fingerprint density at radius 1 is 1.13 bits per heavy atom. The topological polar surface area (TPSA) is 97.9 Å². The lowest BCUT2D eigenvalue weighted by molar-refractivity contribution is -0.145. The first-order valence-electron chi connectivity index (χ1n) is 9.90. The lowest BCUT2D eigenvalue weighted by Crippen LogP contribution is -2.44. The molecule has 1 saturated heterocycles. The third-order valence-electron chi connectivity index (χ3n) is 5.15. The number of methoxy groups -OCH3 is 1. The van der Waals surface area contributed by atoms with Gasteiger partial charge < -0.3 is 24.1 Å². The maximum Gasteiger partial charge on any atom is 0.356 e. The highest BCUT2D eigenvalue weighted by atomic mass is 16.6. The average molecular weight is 414 g/mol. The van der Waals surface area contributed by atoms with Gasteiger partial charge >= 0.3 is 11.9 Å². The summed E-state index contributed by atoms with van der Waals surface area (Å²) in [6.07, 6.45) is -0.584. The van der Waals surface area contributed by atoms with E-state index in [2.05, 4.69) is 4.98 Å². The van der Waals surface area contributed by atoms with Crippen molar-refractivity contribution in [2.24, 2.45) is 0 Å². The van der Waals surface area contributed by atoms with Crippen LogP contribution < -0.4 is 0 Å². The van der Waals surface area contributed by atoms with E-state index in [1.165, 1.54) is 7.11 Å². The van der Waals surface area contributed by atoms with Crippen LogP contribution >= 0.6 is 0 Å². The number of aromatic nitrogens is 1. The first-order chi connectivity index (χ1) is 14.5. The van der Waals surface area contributed by atoms with Gasteiger partial charge in [-0.05, 0) is 18.9 Å². The van der Waals surface area contributed by atoms with E-state index in [4.69, 9.17) is 14.2 Å². The highest BCUT2D eigenvalue weighted by Gasteiger charge is 2.33. The van der Waals surface area contributed by atoms with Crippen molar-refractivity contribution in [2.75, 3.05) is 33.4 Å². The predicted molar refractivity (Wildman–Crippen MR) is 108 cm³/mol. The van der Waals surface area contributed by atoms with Crippen LogP contribution in [0.4, 0.5) is 0 Å². The zero-order valence-corrected chi connectivity index (χ0v) is 17.4. The molecule has 0 spiro atoms. The van der Waals surface area contributed by atoms with Crippen LogP contribution in [0.5, 0.6) is 0 Å². The normalized spacial score (nSPS) is 14.8. The molecule has 2 heterocycles. The number of amides is 1. The maximum atomic E-state index is 13.1.